The maximum absolute atomic E-state index is 13.5. The van der Waals surface area contributed by atoms with Crippen LogP contribution in [0, 0.1) is 6.92 Å². The van der Waals surface area contributed by atoms with Crippen LogP contribution in [0.1, 0.15) is 21.5 Å². The first kappa shape index (κ1) is 26.5. The first-order valence-corrected chi connectivity index (χ1v) is 11.9. The number of aromatic amines is 1. The van der Waals surface area contributed by atoms with Gasteiger partial charge in [-0.15, -0.1) is 0 Å². The van der Waals surface area contributed by atoms with Gasteiger partial charge in [-0.05, 0) is 67.1 Å². The number of aromatic nitrogens is 4. The van der Waals surface area contributed by atoms with Crippen LogP contribution in [0.5, 0.6) is 11.5 Å². The number of alkyl halides is 3. The molecule has 0 aliphatic heterocycles. The first-order chi connectivity index (χ1) is 19.2. The summed E-state index contributed by atoms with van der Waals surface area (Å²) in [6.45, 7) is 1.89. The average Bonchev–Trinajstić information content (AvgIpc) is 3.44. The quantitative estimate of drug-likeness (QED) is 0.242. The Kier molecular flexibility index (Phi) is 6.99. The van der Waals surface area contributed by atoms with E-state index in [1.807, 2.05) is 24.0 Å². The second-order valence-corrected chi connectivity index (χ2v) is 8.73. The second kappa shape index (κ2) is 10.6. The van der Waals surface area contributed by atoms with Gasteiger partial charge in [0, 0.05) is 16.9 Å². The van der Waals surface area contributed by atoms with E-state index in [0.717, 1.165) is 30.5 Å². The molecule has 1 amide bonds. The van der Waals surface area contributed by atoms with E-state index in [2.05, 4.69) is 25.5 Å². The molecule has 0 unspecified atom stereocenters. The number of aryl methyl sites for hydroxylation is 1. The molecule has 2 aromatic heterocycles. The molecule has 40 heavy (non-hydrogen) atoms. The summed E-state index contributed by atoms with van der Waals surface area (Å²) in [5.41, 5.74) is 1.93. The lowest BCUT2D eigenvalue weighted by atomic mass is 10.1. The van der Waals surface area contributed by atoms with Crippen molar-refractivity contribution in [3.63, 3.8) is 0 Å². The van der Waals surface area contributed by atoms with Crippen LogP contribution in [0.15, 0.2) is 73.2 Å². The molecule has 5 aromatic rings. The molecule has 2 heterocycles. The fraction of sp³-hybridized carbons (Fsp3) is 0.143. The topological polar surface area (TPSA) is 105 Å². The Morgan fingerprint density at radius 1 is 0.975 bits per heavy atom. The van der Waals surface area contributed by atoms with Crippen molar-refractivity contribution in [1.29, 1.82) is 0 Å². The summed E-state index contributed by atoms with van der Waals surface area (Å²) in [7, 11) is 2.71. The van der Waals surface area contributed by atoms with Gasteiger partial charge in [-0.1, -0.05) is 6.07 Å². The van der Waals surface area contributed by atoms with Crippen molar-refractivity contribution in [3.8, 4) is 11.5 Å². The Morgan fingerprint density at radius 2 is 1.75 bits per heavy atom. The molecular formula is C28H23F3N6O3. The maximum Gasteiger partial charge on any atom is 0.419 e. The largest absolute Gasteiger partial charge is 0.497 e. The molecule has 2 N–H and O–H groups in total. The number of ether oxygens (including phenoxy) is 2. The third-order valence-electron chi connectivity index (χ3n) is 6.24. The van der Waals surface area contributed by atoms with Crippen LogP contribution < -0.4 is 19.7 Å². The Bertz CT molecular complexity index is 1690. The summed E-state index contributed by atoms with van der Waals surface area (Å²) in [6, 6.07) is 15.7. The lowest BCUT2D eigenvalue weighted by molar-refractivity contribution is -0.138. The van der Waals surface area contributed by atoms with E-state index in [9.17, 15) is 18.0 Å². The number of rotatable bonds is 7. The number of fused-ring (bicyclic) bond motifs is 1. The zero-order valence-corrected chi connectivity index (χ0v) is 21.6. The van der Waals surface area contributed by atoms with Gasteiger partial charge in [0.2, 0.25) is 0 Å². The molecule has 3 aromatic carbocycles. The number of hydrogen-bond donors (Lipinski definition) is 2. The number of carbonyl (C=O) groups is 1. The standard InChI is InChI=1S/C28H23F3N6O3/c1-16-4-6-18(35-27(38)17-5-11-24(40-3)22(12-17)28(29,30)31)13-23(16)37(19-7-9-20(39-2)10-8-19)26-21-14-34-36-25(21)32-15-33-26/h4-15H,1-3H3,(H,35,38)(H,32,33,34,36). The van der Waals surface area contributed by atoms with Crippen LogP contribution in [0.4, 0.5) is 36.1 Å². The Morgan fingerprint density at radius 3 is 2.45 bits per heavy atom. The number of nitrogens with zero attached hydrogens (tertiary/aromatic N) is 4. The van der Waals surface area contributed by atoms with E-state index >= 15 is 0 Å². The molecule has 0 bridgehead atoms. The molecule has 12 heteroatoms. The molecular weight excluding hydrogens is 525 g/mol. The molecule has 0 aliphatic carbocycles. The fourth-order valence-electron chi connectivity index (χ4n) is 4.24. The summed E-state index contributed by atoms with van der Waals surface area (Å²) >= 11 is 0. The summed E-state index contributed by atoms with van der Waals surface area (Å²) < 4.78 is 50.6. The van der Waals surface area contributed by atoms with Crippen LogP contribution in [0.3, 0.4) is 0 Å². The number of hydrogen-bond acceptors (Lipinski definition) is 7. The van der Waals surface area contributed by atoms with Gasteiger partial charge >= 0.3 is 6.18 Å². The van der Waals surface area contributed by atoms with Crippen molar-refractivity contribution in [2.75, 3.05) is 24.4 Å². The number of nitrogens with one attached hydrogen (secondary N) is 2. The maximum atomic E-state index is 13.5. The van der Waals surface area contributed by atoms with E-state index in [-0.39, 0.29) is 11.3 Å². The van der Waals surface area contributed by atoms with Gasteiger partial charge in [-0.3, -0.25) is 14.8 Å². The lowest BCUT2D eigenvalue weighted by Gasteiger charge is -2.27. The number of halogens is 3. The van der Waals surface area contributed by atoms with Gasteiger partial charge in [-0.2, -0.15) is 18.3 Å². The molecule has 204 valence electrons. The minimum absolute atomic E-state index is 0.168. The molecule has 0 atom stereocenters. The van der Waals surface area contributed by atoms with Gasteiger partial charge in [0.15, 0.2) is 11.5 Å². The van der Waals surface area contributed by atoms with Crippen LogP contribution in [-0.4, -0.2) is 40.3 Å². The molecule has 0 saturated heterocycles. The number of benzene rings is 3. The monoisotopic (exact) mass is 548 g/mol. The molecule has 0 spiro atoms. The second-order valence-electron chi connectivity index (χ2n) is 8.73. The molecule has 9 nitrogen and oxygen atoms in total. The van der Waals surface area contributed by atoms with Gasteiger partial charge in [-0.25, -0.2) is 9.97 Å². The highest BCUT2D eigenvalue weighted by molar-refractivity contribution is 6.05. The third kappa shape index (κ3) is 5.10. The van der Waals surface area contributed by atoms with Crippen molar-refractivity contribution in [2.24, 2.45) is 0 Å². The number of methoxy groups -OCH3 is 2. The smallest absolute Gasteiger partial charge is 0.419 e. The van der Waals surface area contributed by atoms with Crippen molar-refractivity contribution >= 4 is 39.8 Å². The molecule has 0 aliphatic rings. The highest BCUT2D eigenvalue weighted by Crippen LogP contribution is 2.40. The van der Waals surface area contributed by atoms with Crippen LogP contribution >= 0.6 is 0 Å². The van der Waals surface area contributed by atoms with Gasteiger partial charge in [0.25, 0.3) is 5.91 Å². The van der Waals surface area contributed by atoms with E-state index in [0.29, 0.717) is 34.0 Å². The number of amides is 1. The zero-order valence-electron chi connectivity index (χ0n) is 21.6. The van der Waals surface area contributed by atoms with Crippen LogP contribution in [0.2, 0.25) is 0 Å². The lowest BCUT2D eigenvalue weighted by Crippen LogP contribution is -2.16. The van der Waals surface area contributed by atoms with Gasteiger partial charge in [0.05, 0.1) is 37.1 Å². The zero-order chi connectivity index (χ0) is 28.4. The number of carbonyl (C=O) groups excluding carboxylic acids is 1. The van der Waals surface area contributed by atoms with E-state index < -0.39 is 17.6 Å². The minimum Gasteiger partial charge on any atom is -0.497 e. The SMILES string of the molecule is COc1ccc(N(c2cc(NC(=O)c3ccc(OC)c(C(F)(F)F)c3)ccc2C)c2ncnc3[nH]ncc23)cc1. The highest BCUT2D eigenvalue weighted by Gasteiger charge is 2.35. The first-order valence-electron chi connectivity index (χ1n) is 11.9. The van der Waals surface area contributed by atoms with Gasteiger partial charge < -0.3 is 14.8 Å². The number of H-pyrrole nitrogens is 1. The van der Waals surface area contributed by atoms with Gasteiger partial charge in [0.1, 0.15) is 17.8 Å². The molecule has 0 saturated carbocycles. The number of anilines is 4. The van der Waals surface area contributed by atoms with Crippen LogP contribution in [-0.2, 0) is 6.18 Å². The van der Waals surface area contributed by atoms with Crippen LogP contribution in [0.25, 0.3) is 11.0 Å². The summed E-state index contributed by atoms with van der Waals surface area (Å²) in [4.78, 5) is 23.7. The highest BCUT2D eigenvalue weighted by atomic mass is 19.4. The average molecular weight is 549 g/mol. The third-order valence-corrected chi connectivity index (χ3v) is 6.24. The minimum atomic E-state index is -4.69. The van der Waals surface area contributed by atoms with E-state index in [4.69, 9.17) is 9.47 Å². The van der Waals surface area contributed by atoms with Crippen molar-refractivity contribution in [3.05, 3.63) is 89.9 Å². The fourth-order valence-corrected chi connectivity index (χ4v) is 4.24. The van der Waals surface area contributed by atoms with E-state index in [1.165, 1.54) is 12.4 Å². The molecule has 0 radical (unpaired) electrons. The summed E-state index contributed by atoms with van der Waals surface area (Å²) in [5, 5.41) is 10.3. The molecule has 5 rings (SSSR count). The Balaban J connectivity index is 1.56. The van der Waals surface area contributed by atoms with Crippen molar-refractivity contribution < 1.29 is 27.4 Å². The Hall–Kier alpha value is -5.13. The van der Waals surface area contributed by atoms with Crippen molar-refractivity contribution in [1.82, 2.24) is 20.2 Å². The normalized spacial score (nSPS) is 11.3. The molecule has 0 fully saturated rings. The summed E-state index contributed by atoms with van der Waals surface area (Å²) in [5.74, 6) is 0.112. The Labute approximate surface area is 226 Å². The van der Waals surface area contributed by atoms with Crippen molar-refractivity contribution in [2.45, 2.75) is 13.1 Å². The predicted octanol–water partition coefficient (Wildman–Crippen LogP) is 6.42. The summed E-state index contributed by atoms with van der Waals surface area (Å²) in [6.07, 6.45) is -1.66. The predicted molar refractivity (Wildman–Crippen MR) is 144 cm³/mol. The van der Waals surface area contributed by atoms with E-state index in [1.54, 1.807) is 43.6 Å².